The van der Waals surface area contributed by atoms with E-state index in [1.807, 2.05) is 32.1 Å². The van der Waals surface area contributed by atoms with E-state index in [1.54, 1.807) is 6.92 Å². The van der Waals surface area contributed by atoms with Gasteiger partial charge in [-0.05, 0) is 26.2 Å². The topological polar surface area (TPSA) is 99.4 Å². The number of rotatable bonds is 9. The van der Waals surface area contributed by atoms with Crippen molar-refractivity contribution in [3.63, 3.8) is 0 Å². The third-order valence-electron chi connectivity index (χ3n) is 4.64. The van der Waals surface area contributed by atoms with Crippen LogP contribution in [0.3, 0.4) is 0 Å². The highest BCUT2D eigenvalue weighted by molar-refractivity contribution is 5.84. The van der Waals surface area contributed by atoms with Crippen LogP contribution in [0.5, 0.6) is 0 Å². The lowest BCUT2D eigenvalue weighted by Gasteiger charge is -2.37. The van der Waals surface area contributed by atoms with Crippen molar-refractivity contribution in [3.05, 3.63) is 12.2 Å². The normalized spacial score (nSPS) is 29.8. The van der Waals surface area contributed by atoms with Crippen LogP contribution in [-0.2, 0) is 14.3 Å². The number of allylic oxidation sites excluding steroid dienone is 1. The SMILES string of the molecule is CC/C=C\[C@H](CC)[C@H](O)[C@@H]1NC(=O)[C@H](CCC#N)[C@]1(C)OC=O. The highest BCUT2D eigenvalue weighted by atomic mass is 16.5. The summed E-state index contributed by atoms with van der Waals surface area (Å²) in [6, 6.07) is 1.30. The molecule has 1 amide bonds. The molecule has 0 radical (unpaired) electrons. The molecule has 0 saturated carbocycles. The number of nitriles is 1. The zero-order valence-corrected chi connectivity index (χ0v) is 14.0. The first kappa shape index (κ1) is 19.2. The average Bonchev–Trinajstić information content (AvgIpc) is 2.77. The number of ether oxygens (including phenoxy) is 1. The van der Waals surface area contributed by atoms with E-state index < -0.39 is 23.7 Å². The van der Waals surface area contributed by atoms with Gasteiger partial charge in [0.1, 0.15) is 5.60 Å². The molecule has 23 heavy (non-hydrogen) atoms. The van der Waals surface area contributed by atoms with E-state index in [-0.39, 0.29) is 24.7 Å². The Morgan fingerprint density at radius 2 is 2.22 bits per heavy atom. The number of nitrogens with zero attached hydrogens (tertiary/aromatic N) is 1. The van der Waals surface area contributed by atoms with Gasteiger partial charge >= 0.3 is 0 Å². The van der Waals surface area contributed by atoms with E-state index in [4.69, 9.17) is 10.00 Å². The molecular weight excluding hydrogens is 296 g/mol. The van der Waals surface area contributed by atoms with Crippen molar-refractivity contribution in [2.24, 2.45) is 11.8 Å². The Morgan fingerprint density at radius 1 is 1.52 bits per heavy atom. The number of carbonyl (C=O) groups excluding carboxylic acids is 2. The summed E-state index contributed by atoms with van der Waals surface area (Å²) in [6.07, 6.45) is 5.06. The minimum atomic E-state index is -1.16. The van der Waals surface area contributed by atoms with Crippen LogP contribution in [0.2, 0.25) is 0 Å². The number of aliphatic hydroxyl groups excluding tert-OH is 1. The second-order valence-electron chi connectivity index (χ2n) is 6.03. The number of amides is 1. The van der Waals surface area contributed by atoms with Gasteiger partial charge in [0.15, 0.2) is 0 Å². The third kappa shape index (κ3) is 4.11. The Hall–Kier alpha value is -1.87. The Bertz CT molecular complexity index is 485. The predicted molar refractivity (Wildman–Crippen MR) is 85.0 cm³/mol. The van der Waals surface area contributed by atoms with Crippen molar-refractivity contribution in [3.8, 4) is 6.07 Å². The van der Waals surface area contributed by atoms with E-state index in [2.05, 4.69) is 5.32 Å². The van der Waals surface area contributed by atoms with E-state index in [1.165, 1.54) is 0 Å². The molecule has 1 saturated heterocycles. The molecule has 0 bridgehead atoms. The van der Waals surface area contributed by atoms with E-state index >= 15 is 0 Å². The molecule has 128 valence electrons. The Labute approximate surface area is 137 Å². The number of nitrogens with one attached hydrogen (secondary N) is 1. The summed E-state index contributed by atoms with van der Waals surface area (Å²) in [5.74, 6) is -1.08. The fourth-order valence-corrected chi connectivity index (χ4v) is 3.23. The van der Waals surface area contributed by atoms with Crippen LogP contribution in [-0.4, -0.2) is 35.2 Å². The summed E-state index contributed by atoms with van der Waals surface area (Å²) >= 11 is 0. The van der Waals surface area contributed by atoms with Crippen molar-refractivity contribution in [2.45, 2.75) is 64.2 Å². The number of aliphatic hydroxyl groups is 1. The lowest BCUT2D eigenvalue weighted by atomic mass is 9.78. The number of hydrogen-bond donors (Lipinski definition) is 2. The van der Waals surface area contributed by atoms with Gasteiger partial charge in [-0.25, -0.2) is 0 Å². The number of carbonyl (C=O) groups is 2. The molecule has 1 heterocycles. The highest BCUT2D eigenvalue weighted by Crippen LogP contribution is 2.38. The molecule has 0 aromatic carbocycles. The quantitative estimate of drug-likeness (QED) is 0.497. The monoisotopic (exact) mass is 322 g/mol. The van der Waals surface area contributed by atoms with Crippen LogP contribution in [0, 0.1) is 23.2 Å². The van der Waals surface area contributed by atoms with Gasteiger partial charge in [-0.1, -0.05) is 26.0 Å². The fraction of sp³-hybridized carbons (Fsp3) is 0.706. The molecule has 2 N–H and O–H groups in total. The van der Waals surface area contributed by atoms with Gasteiger partial charge in [0.2, 0.25) is 5.91 Å². The van der Waals surface area contributed by atoms with Crippen molar-refractivity contribution in [1.29, 1.82) is 5.26 Å². The maximum Gasteiger partial charge on any atom is 0.293 e. The first-order valence-corrected chi connectivity index (χ1v) is 8.09. The molecule has 1 rings (SSSR count). The standard InChI is InChI=1S/C17H26N2O4/c1-4-6-8-12(5-2)14(21)15-17(3,23-11-20)13(9-7-10-18)16(22)19-15/h6,8,11-15,21H,4-5,7,9H2,1-3H3,(H,19,22)/b8-6-/t12-,13-,14-,15-,17-/m0/s1. The van der Waals surface area contributed by atoms with Crippen molar-refractivity contribution in [2.75, 3.05) is 0 Å². The van der Waals surface area contributed by atoms with Crippen LogP contribution in [0.1, 0.15) is 46.5 Å². The number of hydrogen-bond acceptors (Lipinski definition) is 5. The average molecular weight is 322 g/mol. The van der Waals surface area contributed by atoms with E-state index in [0.29, 0.717) is 12.9 Å². The molecule has 6 nitrogen and oxygen atoms in total. The molecule has 1 fully saturated rings. The second kappa shape index (κ2) is 8.68. The maximum atomic E-state index is 12.3. The van der Waals surface area contributed by atoms with E-state index in [9.17, 15) is 14.7 Å². The molecule has 0 aromatic heterocycles. The Morgan fingerprint density at radius 3 is 2.74 bits per heavy atom. The van der Waals surface area contributed by atoms with Gasteiger partial charge in [0, 0.05) is 12.3 Å². The predicted octanol–water partition coefficient (Wildman–Crippen LogP) is 1.69. The minimum Gasteiger partial charge on any atom is -0.458 e. The van der Waals surface area contributed by atoms with Crippen molar-refractivity contribution >= 4 is 12.4 Å². The zero-order valence-electron chi connectivity index (χ0n) is 14.0. The van der Waals surface area contributed by atoms with Gasteiger partial charge in [-0.15, -0.1) is 0 Å². The summed E-state index contributed by atoms with van der Waals surface area (Å²) in [4.78, 5) is 23.2. The van der Waals surface area contributed by atoms with Crippen LogP contribution in [0.4, 0.5) is 0 Å². The first-order chi connectivity index (χ1) is 11.0. The molecule has 6 heteroatoms. The van der Waals surface area contributed by atoms with Crippen molar-refractivity contribution < 1.29 is 19.4 Å². The molecule has 0 unspecified atom stereocenters. The Balaban J connectivity index is 3.07. The fourth-order valence-electron chi connectivity index (χ4n) is 3.23. The highest BCUT2D eigenvalue weighted by Gasteiger charge is 2.56. The lowest BCUT2D eigenvalue weighted by molar-refractivity contribution is -0.152. The summed E-state index contributed by atoms with van der Waals surface area (Å²) in [5, 5.41) is 22.3. The summed E-state index contributed by atoms with van der Waals surface area (Å²) in [6.45, 7) is 5.91. The van der Waals surface area contributed by atoms with Gasteiger partial charge in [-0.2, -0.15) is 5.26 Å². The Kier molecular flexibility index (Phi) is 7.24. The van der Waals surface area contributed by atoms with E-state index in [0.717, 1.165) is 6.42 Å². The molecular formula is C17H26N2O4. The minimum absolute atomic E-state index is 0.149. The molecule has 5 atom stereocenters. The molecule has 0 spiro atoms. The second-order valence-corrected chi connectivity index (χ2v) is 6.03. The third-order valence-corrected chi connectivity index (χ3v) is 4.64. The van der Waals surface area contributed by atoms with Crippen LogP contribution < -0.4 is 5.32 Å². The molecule has 0 aromatic rings. The zero-order chi connectivity index (χ0) is 17.5. The summed E-state index contributed by atoms with van der Waals surface area (Å²) < 4.78 is 5.25. The summed E-state index contributed by atoms with van der Waals surface area (Å²) in [5.41, 5.74) is -1.16. The van der Waals surface area contributed by atoms with Gasteiger partial charge < -0.3 is 15.2 Å². The molecule has 1 aliphatic heterocycles. The summed E-state index contributed by atoms with van der Waals surface area (Å²) in [7, 11) is 0. The van der Waals surface area contributed by atoms with Crippen LogP contribution >= 0.6 is 0 Å². The van der Waals surface area contributed by atoms with Gasteiger partial charge in [-0.3, -0.25) is 9.59 Å². The van der Waals surface area contributed by atoms with Crippen LogP contribution in [0.15, 0.2) is 12.2 Å². The largest absolute Gasteiger partial charge is 0.458 e. The first-order valence-electron chi connectivity index (χ1n) is 8.09. The maximum absolute atomic E-state index is 12.3. The lowest BCUT2D eigenvalue weighted by Crippen LogP contribution is -2.54. The molecule has 1 aliphatic rings. The smallest absolute Gasteiger partial charge is 0.293 e. The van der Waals surface area contributed by atoms with Crippen molar-refractivity contribution in [1.82, 2.24) is 5.32 Å². The molecule has 0 aliphatic carbocycles. The van der Waals surface area contributed by atoms with Gasteiger partial charge in [0.25, 0.3) is 6.47 Å². The van der Waals surface area contributed by atoms with Gasteiger partial charge in [0.05, 0.1) is 24.1 Å². The van der Waals surface area contributed by atoms with Crippen LogP contribution in [0.25, 0.3) is 0 Å².